The number of allylic oxidation sites excluding steroid dienone is 1. The molecule has 2 fully saturated rings. The Balaban J connectivity index is 1.31. The molecule has 8 heteroatoms. The van der Waals surface area contributed by atoms with E-state index in [0.29, 0.717) is 30.9 Å². The summed E-state index contributed by atoms with van der Waals surface area (Å²) in [7, 11) is 0. The van der Waals surface area contributed by atoms with Crippen LogP contribution in [0.1, 0.15) is 30.5 Å². The molecule has 2 aromatic rings. The first-order valence-corrected chi connectivity index (χ1v) is 8.77. The van der Waals surface area contributed by atoms with Crippen molar-refractivity contribution in [2.45, 2.75) is 26.0 Å². The number of morpholine rings is 1. The monoisotopic (exact) mass is 358 g/mol. The highest BCUT2D eigenvalue weighted by Gasteiger charge is 2.38. The van der Waals surface area contributed by atoms with E-state index in [1.54, 1.807) is 19.3 Å². The van der Waals surface area contributed by atoms with E-state index in [9.17, 15) is 4.79 Å². The molecule has 26 heavy (non-hydrogen) atoms. The number of nitrogens with zero attached hydrogens (tertiary/aromatic N) is 4. The number of carbonyl (C=O) groups excluding carboxylic acids is 1. The van der Waals surface area contributed by atoms with E-state index in [4.69, 9.17) is 13.7 Å². The van der Waals surface area contributed by atoms with Crippen LogP contribution in [-0.2, 0) is 9.53 Å². The Morgan fingerprint density at radius 2 is 2.19 bits per heavy atom. The standard InChI is InChI=1S/C18H22N4O4/c1-12(15-4-3-6-24-15)8-17(23)22-9-14(10-22)21-5-7-25-16(11-21)18-19-13(2)20-26-18/h3-4,6,8,14,16H,5,7,9-11H2,1-2H3/b12-8+. The molecule has 0 N–H and O–H groups in total. The van der Waals surface area contributed by atoms with Gasteiger partial charge in [0, 0.05) is 38.3 Å². The smallest absolute Gasteiger partial charge is 0.257 e. The molecular formula is C18H22N4O4. The van der Waals surface area contributed by atoms with Crippen LogP contribution >= 0.6 is 0 Å². The molecule has 1 unspecified atom stereocenters. The minimum Gasteiger partial charge on any atom is -0.465 e. The molecule has 4 heterocycles. The van der Waals surface area contributed by atoms with E-state index in [1.165, 1.54) is 0 Å². The van der Waals surface area contributed by atoms with Crippen molar-refractivity contribution in [3.8, 4) is 0 Å². The average Bonchev–Trinajstić information content (AvgIpc) is 3.25. The van der Waals surface area contributed by atoms with Crippen molar-refractivity contribution in [1.82, 2.24) is 19.9 Å². The van der Waals surface area contributed by atoms with Crippen molar-refractivity contribution in [2.24, 2.45) is 0 Å². The highest BCUT2D eigenvalue weighted by Crippen LogP contribution is 2.25. The summed E-state index contributed by atoms with van der Waals surface area (Å²) in [6.07, 6.45) is 3.05. The minimum atomic E-state index is -0.198. The lowest BCUT2D eigenvalue weighted by Crippen LogP contribution is -2.62. The molecule has 1 amide bonds. The lowest BCUT2D eigenvalue weighted by molar-refractivity contribution is -0.137. The topological polar surface area (TPSA) is 84.8 Å². The number of aromatic nitrogens is 2. The molecule has 0 aromatic carbocycles. The van der Waals surface area contributed by atoms with Crippen LogP contribution < -0.4 is 0 Å². The maximum Gasteiger partial charge on any atom is 0.257 e. The van der Waals surface area contributed by atoms with Crippen molar-refractivity contribution in [1.29, 1.82) is 0 Å². The first-order chi connectivity index (χ1) is 12.6. The number of aryl methyl sites for hydroxylation is 1. The van der Waals surface area contributed by atoms with Gasteiger partial charge in [-0.05, 0) is 31.6 Å². The second-order valence-electron chi connectivity index (χ2n) is 6.74. The zero-order valence-electron chi connectivity index (χ0n) is 14.9. The predicted molar refractivity (Wildman–Crippen MR) is 92.0 cm³/mol. The van der Waals surface area contributed by atoms with Crippen molar-refractivity contribution in [2.75, 3.05) is 32.8 Å². The Morgan fingerprint density at radius 1 is 1.35 bits per heavy atom. The molecule has 138 valence electrons. The predicted octanol–water partition coefficient (Wildman–Crippen LogP) is 1.66. The molecule has 2 aromatic heterocycles. The molecule has 0 bridgehead atoms. The summed E-state index contributed by atoms with van der Waals surface area (Å²) >= 11 is 0. The number of hydrogen-bond donors (Lipinski definition) is 0. The summed E-state index contributed by atoms with van der Waals surface area (Å²) in [6, 6.07) is 4.01. The van der Waals surface area contributed by atoms with Crippen LogP contribution in [-0.4, -0.2) is 64.7 Å². The third-order valence-corrected chi connectivity index (χ3v) is 4.86. The van der Waals surface area contributed by atoms with E-state index in [0.717, 1.165) is 31.0 Å². The summed E-state index contributed by atoms with van der Waals surface area (Å²) in [5, 5.41) is 3.83. The van der Waals surface area contributed by atoms with Gasteiger partial charge in [-0.1, -0.05) is 5.16 Å². The zero-order valence-corrected chi connectivity index (χ0v) is 14.9. The average molecular weight is 358 g/mol. The lowest BCUT2D eigenvalue weighted by Gasteiger charge is -2.47. The number of carbonyl (C=O) groups is 1. The molecule has 0 radical (unpaired) electrons. The summed E-state index contributed by atoms with van der Waals surface area (Å²) < 4.78 is 16.3. The quantitative estimate of drug-likeness (QED) is 0.769. The van der Waals surface area contributed by atoms with E-state index in [-0.39, 0.29) is 12.0 Å². The van der Waals surface area contributed by atoms with Crippen LogP contribution in [0.3, 0.4) is 0 Å². The van der Waals surface area contributed by atoms with Crippen molar-refractivity contribution < 1.29 is 18.5 Å². The number of amides is 1. The van der Waals surface area contributed by atoms with Crippen LogP contribution in [0.4, 0.5) is 0 Å². The number of hydrogen-bond acceptors (Lipinski definition) is 7. The maximum absolute atomic E-state index is 12.4. The number of rotatable bonds is 4. The Hall–Kier alpha value is -2.45. The summed E-state index contributed by atoms with van der Waals surface area (Å²) in [5.41, 5.74) is 0.835. The molecule has 2 saturated heterocycles. The molecule has 2 aliphatic heterocycles. The van der Waals surface area contributed by atoms with Crippen LogP contribution in [0.5, 0.6) is 0 Å². The fraction of sp³-hybridized carbons (Fsp3) is 0.500. The van der Waals surface area contributed by atoms with Crippen molar-refractivity contribution >= 4 is 11.5 Å². The van der Waals surface area contributed by atoms with Gasteiger partial charge < -0.3 is 18.6 Å². The van der Waals surface area contributed by atoms with Crippen LogP contribution in [0.25, 0.3) is 5.57 Å². The fourth-order valence-corrected chi connectivity index (χ4v) is 3.31. The summed E-state index contributed by atoms with van der Waals surface area (Å²) in [4.78, 5) is 20.8. The van der Waals surface area contributed by atoms with E-state index in [2.05, 4.69) is 15.0 Å². The largest absolute Gasteiger partial charge is 0.465 e. The highest BCUT2D eigenvalue weighted by atomic mass is 16.5. The highest BCUT2D eigenvalue weighted by molar-refractivity contribution is 5.94. The SMILES string of the molecule is C/C(=C\C(=O)N1CC(N2CCOC(c3nc(C)no3)C2)C1)c1ccco1. The number of likely N-dealkylation sites (tertiary alicyclic amines) is 1. The fourth-order valence-electron chi connectivity index (χ4n) is 3.31. The molecule has 2 aliphatic rings. The van der Waals surface area contributed by atoms with Gasteiger partial charge in [-0.15, -0.1) is 0 Å². The van der Waals surface area contributed by atoms with Gasteiger partial charge in [0.25, 0.3) is 5.89 Å². The van der Waals surface area contributed by atoms with Crippen molar-refractivity contribution in [3.63, 3.8) is 0 Å². The Morgan fingerprint density at radius 3 is 2.88 bits per heavy atom. The molecular weight excluding hydrogens is 336 g/mol. The molecule has 1 atom stereocenters. The molecule has 0 spiro atoms. The summed E-state index contributed by atoms with van der Waals surface area (Å²) in [5.74, 6) is 1.88. The van der Waals surface area contributed by atoms with E-state index in [1.807, 2.05) is 24.0 Å². The van der Waals surface area contributed by atoms with Gasteiger partial charge in [0.1, 0.15) is 11.9 Å². The molecule has 4 rings (SSSR count). The first kappa shape index (κ1) is 17.0. The Bertz CT molecular complexity index is 792. The first-order valence-electron chi connectivity index (χ1n) is 8.77. The van der Waals surface area contributed by atoms with E-state index < -0.39 is 0 Å². The van der Waals surface area contributed by atoms with Crippen LogP contribution in [0, 0.1) is 6.92 Å². The van der Waals surface area contributed by atoms with Gasteiger partial charge >= 0.3 is 0 Å². The van der Waals surface area contributed by atoms with Crippen LogP contribution in [0.2, 0.25) is 0 Å². The van der Waals surface area contributed by atoms with Crippen LogP contribution in [0.15, 0.2) is 33.4 Å². The van der Waals surface area contributed by atoms with E-state index >= 15 is 0 Å². The Labute approximate surface area is 151 Å². The number of ether oxygens (including phenoxy) is 1. The third-order valence-electron chi connectivity index (χ3n) is 4.86. The lowest BCUT2D eigenvalue weighted by atomic mass is 10.0. The number of furan rings is 1. The molecule has 8 nitrogen and oxygen atoms in total. The zero-order chi connectivity index (χ0) is 18.1. The Kier molecular flexibility index (Phi) is 4.60. The van der Waals surface area contributed by atoms with Gasteiger partial charge in [0.2, 0.25) is 5.91 Å². The normalized spacial score (nSPS) is 22.5. The molecule has 0 aliphatic carbocycles. The van der Waals surface area contributed by atoms with Gasteiger partial charge in [-0.25, -0.2) is 0 Å². The van der Waals surface area contributed by atoms with Gasteiger partial charge in [0.15, 0.2) is 5.82 Å². The summed E-state index contributed by atoms with van der Waals surface area (Å²) in [6.45, 7) is 7.28. The third kappa shape index (κ3) is 3.42. The molecule has 0 saturated carbocycles. The second kappa shape index (κ2) is 7.05. The second-order valence-corrected chi connectivity index (χ2v) is 6.74. The minimum absolute atomic E-state index is 0.0208. The van der Waals surface area contributed by atoms with Gasteiger partial charge in [-0.3, -0.25) is 9.69 Å². The van der Waals surface area contributed by atoms with Crippen molar-refractivity contribution in [3.05, 3.63) is 41.9 Å². The van der Waals surface area contributed by atoms with Gasteiger partial charge in [0.05, 0.1) is 12.9 Å². The maximum atomic E-state index is 12.4. The van der Waals surface area contributed by atoms with Gasteiger partial charge in [-0.2, -0.15) is 4.98 Å².